The molecule has 3 heteroatoms. The van der Waals surface area contributed by atoms with Gasteiger partial charge in [-0.2, -0.15) is 0 Å². The molecule has 0 bridgehead atoms. The second-order valence-corrected chi connectivity index (χ2v) is 6.00. The number of carbonyl (C=O) groups is 2. The Morgan fingerprint density at radius 2 is 1.58 bits per heavy atom. The molecule has 1 rings (SSSR count). The van der Waals surface area contributed by atoms with E-state index in [2.05, 4.69) is 0 Å². The normalized spacial score (nSPS) is 13.2. The van der Waals surface area contributed by atoms with E-state index >= 15 is 0 Å². The molecule has 1 unspecified atom stereocenters. The summed E-state index contributed by atoms with van der Waals surface area (Å²) in [6.07, 6.45) is 0. The first-order valence-electron chi connectivity index (χ1n) is 6.54. The number of Topliss-reactive ketones (excluding diaryl/α,β-unsaturated/α-hetero) is 1. The summed E-state index contributed by atoms with van der Waals surface area (Å²) in [5.74, 6) is -1.63. The van der Waals surface area contributed by atoms with Gasteiger partial charge in [-0.25, -0.2) is 4.79 Å². The van der Waals surface area contributed by atoms with Crippen LogP contribution in [0.5, 0.6) is 0 Å². The van der Waals surface area contributed by atoms with Crippen LogP contribution in [0.3, 0.4) is 0 Å². The monoisotopic (exact) mass is 262 g/mol. The molecular weight excluding hydrogens is 240 g/mol. The summed E-state index contributed by atoms with van der Waals surface area (Å²) >= 11 is 0. The van der Waals surface area contributed by atoms with Crippen molar-refractivity contribution in [2.75, 3.05) is 0 Å². The van der Waals surface area contributed by atoms with E-state index in [1.54, 1.807) is 20.8 Å². The molecule has 19 heavy (non-hydrogen) atoms. The Morgan fingerprint density at radius 1 is 1.05 bits per heavy atom. The molecular formula is C16H22O3. The number of carbonyl (C=O) groups excluding carboxylic acids is 2. The number of hydrogen-bond donors (Lipinski definition) is 0. The fraction of sp³-hybridized carbons (Fsp3) is 0.500. The van der Waals surface area contributed by atoms with Gasteiger partial charge in [0.15, 0.2) is 0 Å². The van der Waals surface area contributed by atoms with Gasteiger partial charge in [0.2, 0.25) is 5.78 Å². The Kier molecular flexibility index (Phi) is 4.87. The number of benzene rings is 1. The van der Waals surface area contributed by atoms with Crippen LogP contribution in [0, 0.1) is 5.92 Å². The van der Waals surface area contributed by atoms with Crippen molar-refractivity contribution in [2.24, 2.45) is 5.92 Å². The average molecular weight is 262 g/mol. The third-order valence-electron chi connectivity index (χ3n) is 2.71. The number of ketones is 1. The SMILES string of the molecule is CC(C)C(C(=O)C(=O)OC(C)(C)C)c1ccccc1. The highest BCUT2D eigenvalue weighted by Gasteiger charge is 2.32. The molecule has 0 saturated heterocycles. The average Bonchev–Trinajstić information content (AvgIpc) is 2.27. The van der Waals surface area contributed by atoms with Crippen molar-refractivity contribution in [3.8, 4) is 0 Å². The summed E-state index contributed by atoms with van der Waals surface area (Å²) in [7, 11) is 0. The van der Waals surface area contributed by atoms with E-state index in [1.807, 2.05) is 44.2 Å². The van der Waals surface area contributed by atoms with Crippen LogP contribution >= 0.6 is 0 Å². The highest BCUT2D eigenvalue weighted by Crippen LogP contribution is 2.26. The highest BCUT2D eigenvalue weighted by atomic mass is 16.6. The maximum atomic E-state index is 12.3. The first-order chi connectivity index (χ1) is 8.72. The molecule has 0 spiro atoms. The molecule has 1 aromatic rings. The zero-order valence-electron chi connectivity index (χ0n) is 12.3. The summed E-state index contributed by atoms with van der Waals surface area (Å²) in [6.45, 7) is 9.13. The number of hydrogen-bond acceptors (Lipinski definition) is 3. The first kappa shape index (κ1) is 15.4. The molecule has 0 aliphatic rings. The second kappa shape index (κ2) is 6.00. The van der Waals surface area contributed by atoms with Crippen molar-refractivity contribution in [1.29, 1.82) is 0 Å². The lowest BCUT2D eigenvalue weighted by Crippen LogP contribution is -2.33. The molecule has 0 aliphatic carbocycles. The van der Waals surface area contributed by atoms with Crippen LogP contribution in [-0.2, 0) is 14.3 Å². The lowest BCUT2D eigenvalue weighted by molar-refractivity contribution is -0.163. The van der Waals surface area contributed by atoms with Crippen molar-refractivity contribution in [1.82, 2.24) is 0 Å². The first-order valence-corrected chi connectivity index (χ1v) is 6.54. The van der Waals surface area contributed by atoms with E-state index in [4.69, 9.17) is 4.74 Å². The van der Waals surface area contributed by atoms with Gasteiger partial charge in [-0.3, -0.25) is 4.79 Å². The third kappa shape index (κ3) is 4.51. The smallest absolute Gasteiger partial charge is 0.375 e. The summed E-state index contributed by atoms with van der Waals surface area (Å²) < 4.78 is 5.16. The summed E-state index contributed by atoms with van der Waals surface area (Å²) in [4.78, 5) is 24.2. The van der Waals surface area contributed by atoms with Gasteiger partial charge in [0, 0.05) is 0 Å². The van der Waals surface area contributed by atoms with E-state index in [1.165, 1.54) is 0 Å². The predicted molar refractivity (Wildman–Crippen MR) is 74.9 cm³/mol. The number of rotatable bonds is 4. The lowest BCUT2D eigenvalue weighted by atomic mass is 9.85. The van der Waals surface area contributed by atoms with E-state index in [0.717, 1.165) is 5.56 Å². The van der Waals surface area contributed by atoms with Crippen molar-refractivity contribution in [3.63, 3.8) is 0 Å². The predicted octanol–water partition coefficient (Wildman–Crippen LogP) is 3.34. The molecule has 0 N–H and O–H groups in total. The molecule has 0 heterocycles. The summed E-state index contributed by atoms with van der Waals surface area (Å²) in [5, 5.41) is 0. The van der Waals surface area contributed by atoms with Crippen LogP contribution in [0.2, 0.25) is 0 Å². The summed E-state index contributed by atoms with van der Waals surface area (Å²) in [6, 6.07) is 9.36. The standard InChI is InChI=1S/C16H22O3/c1-11(2)13(12-9-7-6-8-10-12)14(17)15(18)19-16(3,4)5/h6-11,13H,1-5H3. The quantitative estimate of drug-likeness (QED) is 0.617. The van der Waals surface area contributed by atoms with Gasteiger partial charge in [-0.05, 0) is 32.3 Å². The maximum Gasteiger partial charge on any atom is 0.375 e. The molecule has 0 amide bonds. The lowest BCUT2D eigenvalue weighted by Gasteiger charge is -2.23. The third-order valence-corrected chi connectivity index (χ3v) is 2.71. The van der Waals surface area contributed by atoms with Gasteiger partial charge >= 0.3 is 5.97 Å². The van der Waals surface area contributed by atoms with E-state index in [0.29, 0.717) is 0 Å². The molecule has 0 aromatic heterocycles. The van der Waals surface area contributed by atoms with E-state index < -0.39 is 23.3 Å². The number of ether oxygens (including phenoxy) is 1. The second-order valence-electron chi connectivity index (χ2n) is 6.00. The minimum absolute atomic E-state index is 0.0439. The largest absolute Gasteiger partial charge is 0.454 e. The summed E-state index contributed by atoms with van der Waals surface area (Å²) in [5.41, 5.74) is 0.207. The van der Waals surface area contributed by atoms with Gasteiger partial charge in [-0.15, -0.1) is 0 Å². The number of esters is 1. The van der Waals surface area contributed by atoms with Crippen molar-refractivity contribution < 1.29 is 14.3 Å². The zero-order chi connectivity index (χ0) is 14.6. The van der Waals surface area contributed by atoms with Gasteiger partial charge in [0.05, 0.1) is 5.92 Å². The van der Waals surface area contributed by atoms with E-state index in [9.17, 15) is 9.59 Å². The van der Waals surface area contributed by atoms with Crippen LogP contribution in [-0.4, -0.2) is 17.4 Å². The zero-order valence-corrected chi connectivity index (χ0v) is 12.3. The van der Waals surface area contributed by atoms with E-state index in [-0.39, 0.29) is 5.92 Å². The Hall–Kier alpha value is -1.64. The van der Waals surface area contributed by atoms with Crippen LogP contribution in [0.4, 0.5) is 0 Å². The molecule has 0 aliphatic heterocycles. The fourth-order valence-corrected chi connectivity index (χ4v) is 1.95. The maximum absolute atomic E-state index is 12.3. The van der Waals surface area contributed by atoms with Crippen LogP contribution in [0.25, 0.3) is 0 Å². The molecule has 0 fully saturated rings. The molecule has 0 saturated carbocycles. The molecule has 1 atom stereocenters. The van der Waals surface area contributed by atoms with Gasteiger partial charge in [-0.1, -0.05) is 44.2 Å². The van der Waals surface area contributed by atoms with Crippen LogP contribution in [0.1, 0.15) is 46.1 Å². The van der Waals surface area contributed by atoms with Crippen molar-refractivity contribution >= 4 is 11.8 Å². The molecule has 0 radical (unpaired) electrons. The molecule has 104 valence electrons. The highest BCUT2D eigenvalue weighted by molar-refractivity contribution is 6.36. The Labute approximate surface area is 115 Å². The van der Waals surface area contributed by atoms with Gasteiger partial charge in [0.25, 0.3) is 0 Å². The minimum Gasteiger partial charge on any atom is -0.454 e. The Bertz CT molecular complexity index is 441. The Morgan fingerprint density at radius 3 is 2.00 bits per heavy atom. The minimum atomic E-state index is -0.755. The Balaban J connectivity index is 2.95. The van der Waals surface area contributed by atoms with Crippen LogP contribution in [0.15, 0.2) is 30.3 Å². The van der Waals surface area contributed by atoms with Gasteiger partial charge in [0.1, 0.15) is 5.60 Å². The van der Waals surface area contributed by atoms with Crippen LogP contribution < -0.4 is 0 Å². The van der Waals surface area contributed by atoms with Crippen molar-refractivity contribution in [3.05, 3.63) is 35.9 Å². The van der Waals surface area contributed by atoms with Crippen molar-refractivity contribution in [2.45, 2.75) is 46.1 Å². The molecule has 1 aromatic carbocycles. The fourth-order valence-electron chi connectivity index (χ4n) is 1.95. The van der Waals surface area contributed by atoms with Gasteiger partial charge < -0.3 is 4.74 Å². The molecule has 3 nitrogen and oxygen atoms in total. The topological polar surface area (TPSA) is 43.4 Å².